The second-order valence-corrected chi connectivity index (χ2v) is 6.95. The number of fused-ring (bicyclic) bond motifs is 1. The van der Waals surface area contributed by atoms with Gasteiger partial charge in [-0.2, -0.15) is 0 Å². The normalized spacial score (nSPS) is 10.9. The standard InChI is InChI=1S/C24H21FN2O4/c1-29-22(28)12-16-4-2-3-5-21(16)31-14-17-11-20(15-6-8-27-18(10-15)13-26)24-19(23(17)25)7-9-30-24/h2-11H,12-14,26H2,1H3. The molecule has 0 atom stereocenters. The lowest BCUT2D eigenvalue weighted by Crippen LogP contribution is -2.07. The molecule has 31 heavy (non-hydrogen) atoms. The number of ether oxygens (including phenoxy) is 2. The molecule has 0 unspecified atom stereocenters. The molecule has 0 saturated heterocycles. The van der Waals surface area contributed by atoms with Crippen LogP contribution in [0.4, 0.5) is 4.39 Å². The van der Waals surface area contributed by atoms with Crippen LogP contribution in [0.15, 0.2) is 65.4 Å². The zero-order valence-electron chi connectivity index (χ0n) is 16.9. The van der Waals surface area contributed by atoms with Crippen LogP contribution in [0.1, 0.15) is 16.8 Å². The Kier molecular flexibility index (Phi) is 5.95. The van der Waals surface area contributed by atoms with Crippen molar-refractivity contribution in [3.05, 3.63) is 83.6 Å². The first-order valence-electron chi connectivity index (χ1n) is 9.72. The van der Waals surface area contributed by atoms with Crippen LogP contribution in [-0.4, -0.2) is 18.1 Å². The van der Waals surface area contributed by atoms with E-state index in [9.17, 15) is 4.79 Å². The van der Waals surface area contributed by atoms with Gasteiger partial charge in [-0.3, -0.25) is 9.78 Å². The number of nitrogens with zero attached hydrogens (tertiary/aromatic N) is 1. The Balaban J connectivity index is 1.69. The lowest BCUT2D eigenvalue weighted by molar-refractivity contribution is -0.139. The number of esters is 1. The molecule has 0 aliphatic heterocycles. The Labute approximate surface area is 178 Å². The molecule has 0 fully saturated rings. The number of hydrogen-bond donors (Lipinski definition) is 1. The SMILES string of the molecule is COC(=O)Cc1ccccc1OCc1cc(-c2ccnc(CN)c2)c2occc2c1F. The molecule has 0 saturated carbocycles. The Morgan fingerprint density at radius 3 is 2.81 bits per heavy atom. The summed E-state index contributed by atoms with van der Waals surface area (Å²) in [5.74, 6) is -0.292. The highest BCUT2D eigenvalue weighted by Gasteiger charge is 2.17. The number of para-hydroxylation sites is 1. The van der Waals surface area contributed by atoms with Gasteiger partial charge in [0.05, 0.1) is 30.9 Å². The molecule has 2 heterocycles. The van der Waals surface area contributed by atoms with Gasteiger partial charge < -0.3 is 19.6 Å². The summed E-state index contributed by atoms with van der Waals surface area (Å²) in [5, 5.41) is 0.366. The van der Waals surface area contributed by atoms with Gasteiger partial charge in [0.15, 0.2) is 0 Å². The average molecular weight is 420 g/mol. The largest absolute Gasteiger partial charge is 0.488 e. The van der Waals surface area contributed by atoms with Gasteiger partial charge in [0.1, 0.15) is 23.8 Å². The molecule has 158 valence electrons. The molecule has 0 aliphatic carbocycles. The van der Waals surface area contributed by atoms with E-state index in [0.29, 0.717) is 34.4 Å². The van der Waals surface area contributed by atoms with Crippen LogP contribution in [0.5, 0.6) is 5.75 Å². The van der Waals surface area contributed by atoms with E-state index in [2.05, 4.69) is 4.98 Å². The molecule has 4 aromatic rings. The van der Waals surface area contributed by atoms with E-state index in [-0.39, 0.29) is 19.0 Å². The van der Waals surface area contributed by atoms with Gasteiger partial charge in [0.2, 0.25) is 0 Å². The maximum absolute atomic E-state index is 15.2. The number of carbonyl (C=O) groups excluding carboxylic acids is 1. The number of nitrogens with two attached hydrogens (primary N) is 1. The molecule has 4 rings (SSSR count). The number of pyridine rings is 1. The summed E-state index contributed by atoms with van der Waals surface area (Å²) in [5.41, 5.74) is 9.46. The summed E-state index contributed by atoms with van der Waals surface area (Å²) in [6, 6.07) is 14.1. The molecule has 0 amide bonds. The van der Waals surface area contributed by atoms with E-state index < -0.39 is 5.82 Å². The molecule has 6 nitrogen and oxygen atoms in total. The third-order valence-electron chi connectivity index (χ3n) is 5.00. The number of carbonyl (C=O) groups is 1. The monoisotopic (exact) mass is 420 g/mol. The van der Waals surface area contributed by atoms with E-state index >= 15 is 4.39 Å². The topological polar surface area (TPSA) is 87.6 Å². The van der Waals surface area contributed by atoms with Crippen LogP contribution in [0, 0.1) is 5.82 Å². The van der Waals surface area contributed by atoms with Crippen LogP contribution in [0.2, 0.25) is 0 Å². The number of furan rings is 1. The highest BCUT2D eigenvalue weighted by atomic mass is 19.1. The summed E-state index contributed by atoms with van der Waals surface area (Å²) in [4.78, 5) is 15.9. The van der Waals surface area contributed by atoms with E-state index in [1.807, 2.05) is 12.1 Å². The van der Waals surface area contributed by atoms with Crippen molar-refractivity contribution in [2.75, 3.05) is 7.11 Å². The van der Waals surface area contributed by atoms with Crippen molar-refractivity contribution in [1.29, 1.82) is 0 Å². The fourth-order valence-electron chi connectivity index (χ4n) is 3.42. The first-order valence-corrected chi connectivity index (χ1v) is 9.72. The van der Waals surface area contributed by atoms with Gasteiger partial charge in [-0.05, 0) is 35.9 Å². The molecule has 7 heteroatoms. The summed E-state index contributed by atoms with van der Waals surface area (Å²) >= 11 is 0. The molecule has 0 aliphatic rings. The van der Waals surface area contributed by atoms with Crippen LogP contribution < -0.4 is 10.5 Å². The predicted molar refractivity (Wildman–Crippen MR) is 114 cm³/mol. The van der Waals surface area contributed by atoms with Crippen molar-refractivity contribution in [3.8, 4) is 16.9 Å². The van der Waals surface area contributed by atoms with Crippen molar-refractivity contribution >= 4 is 16.9 Å². The van der Waals surface area contributed by atoms with Crippen LogP contribution in [0.3, 0.4) is 0 Å². The second-order valence-electron chi connectivity index (χ2n) is 6.95. The van der Waals surface area contributed by atoms with Crippen LogP contribution in [0.25, 0.3) is 22.1 Å². The highest BCUT2D eigenvalue weighted by molar-refractivity contribution is 5.93. The minimum atomic E-state index is -0.411. The van der Waals surface area contributed by atoms with Gasteiger partial charge in [0.25, 0.3) is 0 Å². The van der Waals surface area contributed by atoms with Crippen molar-refractivity contribution in [2.24, 2.45) is 5.73 Å². The van der Waals surface area contributed by atoms with E-state index in [1.165, 1.54) is 13.4 Å². The van der Waals surface area contributed by atoms with E-state index in [4.69, 9.17) is 19.6 Å². The van der Waals surface area contributed by atoms with E-state index in [0.717, 1.165) is 16.8 Å². The zero-order valence-corrected chi connectivity index (χ0v) is 16.9. The van der Waals surface area contributed by atoms with Crippen molar-refractivity contribution in [1.82, 2.24) is 4.98 Å². The van der Waals surface area contributed by atoms with E-state index in [1.54, 1.807) is 42.6 Å². The fourth-order valence-corrected chi connectivity index (χ4v) is 3.42. The number of benzene rings is 2. The van der Waals surface area contributed by atoms with Crippen LogP contribution in [-0.2, 0) is 29.1 Å². The number of rotatable bonds is 7. The third-order valence-corrected chi connectivity index (χ3v) is 5.00. The fraction of sp³-hybridized carbons (Fsp3) is 0.167. The quantitative estimate of drug-likeness (QED) is 0.446. The molecular formula is C24H21FN2O4. The smallest absolute Gasteiger partial charge is 0.310 e. The van der Waals surface area contributed by atoms with Crippen molar-refractivity contribution in [2.45, 2.75) is 19.6 Å². The minimum Gasteiger partial charge on any atom is -0.488 e. The maximum atomic E-state index is 15.2. The Bertz CT molecular complexity index is 1240. The number of halogens is 1. The second kappa shape index (κ2) is 8.97. The summed E-state index contributed by atoms with van der Waals surface area (Å²) in [6.07, 6.45) is 3.19. The van der Waals surface area contributed by atoms with Gasteiger partial charge in [-0.15, -0.1) is 0 Å². The Morgan fingerprint density at radius 1 is 1.16 bits per heavy atom. The van der Waals surface area contributed by atoms with Gasteiger partial charge in [-0.1, -0.05) is 18.2 Å². The maximum Gasteiger partial charge on any atom is 0.310 e. The summed E-state index contributed by atoms with van der Waals surface area (Å²) in [7, 11) is 1.33. The van der Waals surface area contributed by atoms with Crippen molar-refractivity contribution in [3.63, 3.8) is 0 Å². The molecule has 2 aromatic heterocycles. The zero-order chi connectivity index (χ0) is 21.8. The summed E-state index contributed by atoms with van der Waals surface area (Å²) in [6.45, 7) is 0.274. The lowest BCUT2D eigenvalue weighted by Gasteiger charge is -2.13. The predicted octanol–water partition coefficient (Wildman–Crippen LogP) is 4.39. The highest BCUT2D eigenvalue weighted by Crippen LogP contribution is 2.34. The third kappa shape index (κ3) is 4.27. The van der Waals surface area contributed by atoms with Crippen LogP contribution >= 0.6 is 0 Å². The first-order chi connectivity index (χ1) is 15.1. The summed E-state index contributed by atoms with van der Waals surface area (Å²) < 4.78 is 31.4. The Morgan fingerprint density at radius 2 is 2.00 bits per heavy atom. The minimum absolute atomic E-state index is 0.0209. The molecule has 2 N–H and O–H groups in total. The van der Waals surface area contributed by atoms with Gasteiger partial charge >= 0.3 is 5.97 Å². The molecule has 0 radical (unpaired) electrons. The van der Waals surface area contributed by atoms with Gasteiger partial charge in [0, 0.05) is 29.4 Å². The average Bonchev–Trinajstić information content (AvgIpc) is 3.30. The number of hydrogen-bond acceptors (Lipinski definition) is 6. The molecular weight excluding hydrogens is 399 g/mol. The number of methoxy groups -OCH3 is 1. The molecule has 0 bridgehead atoms. The first kappa shape index (κ1) is 20.6. The van der Waals surface area contributed by atoms with Crippen molar-refractivity contribution < 1.29 is 23.1 Å². The lowest BCUT2D eigenvalue weighted by atomic mass is 10.00. The molecule has 2 aromatic carbocycles. The molecule has 0 spiro atoms. The number of aromatic nitrogens is 1. The van der Waals surface area contributed by atoms with Gasteiger partial charge in [-0.25, -0.2) is 4.39 Å². The Hall–Kier alpha value is -3.71.